The molecule has 0 aliphatic carbocycles. The van der Waals surface area contributed by atoms with Gasteiger partial charge >= 0.3 is 0 Å². The Morgan fingerprint density at radius 2 is 0.696 bits per heavy atom. The first kappa shape index (κ1) is 14.9. The predicted octanol–water partition coefficient (Wildman–Crippen LogP) is 2.72. The molecule has 0 aliphatic rings. The van der Waals surface area contributed by atoms with Crippen molar-refractivity contribution in [2.75, 3.05) is 17.2 Å². The molecule has 23 heavy (non-hydrogen) atoms. The molecule has 7 N–H and O–H groups in total. The molecule has 0 aromatic heterocycles. The maximum absolute atomic E-state index is 11.6. The zero-order valence-electron chi connectivity index (χ0n) is 12.6. The first-order valence-electron chi connectivity index (χ1n) is 7.30. The molecule has 3 aromatic rings. The highest BCUT2D eigenvalue weighted by molar-refractivity contribution is 5.54. The molecular weight excluding hydrogens is 286 g/mol. The van der Waals surface area contributed by atoms with E-state index in [-0.39, 0.29) is 0 Å². The molecule has 0 unspecified atom stereocenters. The first-order chi connectivity index (χ1) is 11.0. The highest BCUT2D eigenvalue weighted by atomic mass is 16.3. The first-order valence-corrected chi connectivity index (χ1v) is 7.30. The summed E-state index contributed by atoms with van der Waals surface area (Å²) < 4.78 is 0. The standard InChI is InChI=1S/C19H19N3O/c20-16-7-1-13(2-8-16)19(23,14-3-9-17(21)10-4-14)15-5-11-18(22)12-6-15/h1-12,23H,20-22H2. The van der Waals surface area contributed by atoms with Gasteiger partial charge in [0.1, 0.15) is 5.60 Å². The van der Waals surface area contributed by atoms with Crippen molar-refractivity contribution in [3.8, 4) is 0 Å². The minimum atomic E-state index is -1.31. The Hall–Kier alpha value is -2.98. The third-order valence-corrected chi connectivity index (χ3v) is 3.99. The molecule has 0 fully saturated rings. The van der Waals surface area contributed by atoms with Gasteiger partial charge in [0.2, 0.25) is 0 Å². The van der Waals surface area contributed by atoms with Crippen molar-refractivity contribution >= 4 is 17.1 Å². The summed E-state index contributed by atoms with van der Waals surface area (Å²) in [6.07, 6.45) is 0. The number of hydrogen-bond acceptors (Lipinski definition) is 4. The number of anilines is 3. The second-order valence-electron chi connectivity index (χ2n) is 5.58. The largest absolute Gasteiger partial charge is 0.399 e. The Bertz CT molecular complexity index is 683. The van der Waals surface area contributed by atoms with Crippen LogP contribution >= 0.6 is 0 Å². The quantitative estimate of drug-likeness (QED) is 0.442. The van der Waals surface area contributed by atoms with Crippen molar-refractivity contribution in [3.05, 3.63) is 89.5 Å². The van der Waals surface area contributed by atoms with Crippen LogP contribution in [0.25, 0.3) is 0 Å². The normalized spacial score (nSPS) is 11.3. The van der Waals surface area contributed by atoms with Crippen LogP contribution in [0.15, 0.2) is 72.8 Å². The maximum atomic E-state index is 11.6. The van der Waals surface area contributed by atoms with E-state index in [2.05, 4.69) is 0 Å². The average molecular weight is 305 g/mol. The van der Waals surface area contributed by atoms with Crippen LogP contribution in [-0.4, -0.2) is 5.11 Å². The topological polar surface area (TPSA) is 98.3 Å². The fourth-order valence-electron chi connectivity index (χ4n) is 2.67. The zero-order chi connectivity index (χ0) is 16.4. The van der Waals surface area contributed by atoms with Gasteiger partial charge in [-0.15, -0.1) is 0 Å². The third kappa shape index (κ3) is 2.72. The van der Waals surface area contributed by atoms with Crippen molar-refractivity contribution in [3.63, 3.8) is 0 Å². The Balaban J connectivity index is 2.21. The second kappa shape index (κ2) is 5.66. The van der Waals surface area contributed by atoms with Crippen molar-refractivity contribution in [2.45, 2.75) is 5.60 Å². The van der Waals surface area contributed by atoms with Crippen molar-refractivity contribution in [1.29, 1.82) is 0 Å². The van der Waals surface area contributed by atoms with Gasteiger partial charge in [0, 0.05) is 17.1 Å². The summed E-state index contributed by atoms with van der Waals surface area (Å²) in [7, 11) is 0. The van der Waals surface area contributed by atoms with Gasteiger partial charge < -0.3 is 22.3 Å². The lowest BCUT2D eigenvalue weighted by Gasteiger charge is -2.30. The summed E-state index contributed by atoms with van der Waals surface area (Å²) in [6.45, 7) is 0. The van der Waals surface area contributed by atoms with E-state index in [1.807, 2.05) is 36.4 Å². The smallest absolute Gasteiger partial charge is 0.140 e. The van der Waals surface area contributed by atoms with Crippen LogP contribution in [0.5, 0.6) is 0 Å². The number of nitrogens with two attached hydrogens (primary N) is 3. The maximum Gasteiger partial charge on any atom is 0.140 e. The van der Waals surface area contributed by atoms with Gasteiger partial charge in [-0.3, -0.25) is 0 Å². The van der Waals surface area contributed by atoms with Crippen molar-refractivity contribution in [2.24, 2.45) is 0 Å². The van der Waals surface area contributed by atoms with Gasteiger partial charge in [-0.1, -0.05) is 36.4 Å². The fraction of sp³-hybridized carbons (Fsp3) is 0.0526. The van der Waals surface area contributed by atoms with Gasteiger partial charge in [0.05, 0.1) is 0 Å². The molecule has 116 valence electrons. The van der Waals surface area contributed by atoms with E-state index in [1.54, 1.807) is 36.4 Å². The summed E-state index contributed by atoms with van der Waals surface area (Å²) >= 11 is 0. The minimum Gasteiger partial charge on any atom is -0.399 e. The van der Waals surface area contributed by atoms with Crippen LogP contribution in [0.4, 0.5) is 17.1 Å². The Kier molecular flexibility index (Phi) is 3.68. The monoisotopic (exact) mass is 305 g/mol. The molecule has 0 heterocycles. The molecule has 0 saturated heterocycles. The molecule has 4 nitrogen and oxygen atoms in total. The highest BCUT2D eigenvalue weighted by Gasteiger charge is 2.33. The molecule has 0 spiro atoms. The predicted molar refractivity (Wildman–Crippen MR) is 94.7 cm³/mol. The van der Waals surface area contributed by atoms with Crippen LogP contribution in [0.3, 0.4) is 0 Å². The number of hydrogen-bond donors (Lipinski definition) is 4. The zero-order valence-corrected chi connectivity index (χ0v) is 12.6. The minimum absolute atomic E-state index is 0.644. The molecule has 3 rings (SSSR count). The van der Waals surface area contributed by atoms with E-state index in [4.69, 9.17) is 17.2 Å². The molecule has 0 atom stereocenters. The Morgan fingerprint density at radius 3 is 0.913 bits per heavy atom. The van der Waals surface area contributed by atoms with Gasteiger partial charge in [0.15, 0.2) is 0 Å². The summed E-state index contributed by atoms with van der Waals surface area (Å²) in [5, 5.41) is 11.6. The molecule has 0 aliphatic heterocycles. The van der Waals surface area contributed by atoms with E-state index >= 15 is 0 Å². The number of rotatable bonds is 3. The lowest BCUT2D eigenvalue weighted by Crippen LogP contribution is -2.28. The summed E-state index contributed by atoms with van der Waals surface area (Å²) in [5.74, 6) is 0. The lowest BCUT2D eigenvalue weighted by molar-refractivity contribution is 0.126. The Morgan fingerprint density at radius 1 is 0.478 bits per heavy atom. The van der Waals surface area contributed by atoms with Crippen LogP contribution in [0, 0.1) is 0 Å². The van der Waals surface area contributed by atoms with Gasteiger partial charge in [-0.05, 0) is 53.1 Å². The van der Waals surface area contributed by atoms with Crippen LogP contribution in [0.1, 0.15) is 16.7 Å². The summed E-state index contributed by atoms with van der Waals surface area (Å²) in [6, 6.07) is 21.6. The molecule has 0 saturated carbocycles. The molecular formula is C19H19N3O. The number of benzene rings is 3. The van der Waals surface area contributed by atoms with Crippen LogP contribution in [-0.2, 0) is 5.60 Å². The highest BCUT2D eigenvalue weighted by Crippen LogP contribution is 2.37. The van der Waals surface area contributed by atoms with E-state index in [9.17, 15) is 5.11 Å². The molecule has 0 bridgehead atoms. The van der Waals surface area contributed by atoms with Crippen molar-refractivity contribution in [1.82, 2.24) is 0 Å². The van der Waals surface area contributed by atoms with E-state index in [1.165, 1.54) is 0 Å². The summed E-state index contributed by atoms with van der Waals surface area (Å²) in [4.78, 5) is 0. The number of aliphatic hydroxyl groups is 1. The van der Waals surface area contributed by atoms with Gasteiger partial charge in [-0.2, -0.15) is 0 Å². The van der Waals surface area contributed by atoms with E-state index < -0.39 is 5.60 Å². The van der Waals surface area contributed by atoms with Crippen LogP contribution < -0.4 is 17.2 Å². The molecule has 4 heteroatoms. The van der Waals surface area contributed by atoms with Gasteiger partial charge in [-0.25, -0.2) is 0 Å². The SMILES string of the molecule is Nc1ccc(C(O)(c2ccc(N)cc2)c2ccc(N)cc2)cc1. The Labute approximate surface area is 135 Å². The molecule has 3 aromatic carbocycles. The molecule has 0 radical (unpaired) electrons. The lowest BCUT2D eigenvalue weighted by atomic mass is 9.80. The third-order valence-electron chi connectivity index (χ3n) is 3.99. The van der Waals surface area contributed by atoms with Gasteiger partial charge in [0.25, 0.3) is 0 Å². The molecule has 0 amide bonds. The van der Waals surface area contributed by atoms with Crippen LogP contribution in [0.2, 0.25) is 0 Å². The number of nitrogen functional groups attached to an aromatic ring is 3. The fourth-order valence-corrected chi connectivity index (χ4v) is 2.67. The average Bonchev–Trinajstić information content (AvgIpc) is 2.56. The van der Waals surface area contributed by atoms with E-state index in [0.717, 1.165) is 16.7 Å². The summed E-state index contributed by atoms with van der Waals surface area (Å²) in [5.41, 5.74) is 20.1. The second-order valence-corrected chi connectivity index (χ2v) is 5.58. The van der Waals surface area contributed by atoms with Crippen molar-refractivity contribution < 1.29 is 5.11 Å². The van der Waals surface area contributed by atoms with E-state index in [0.29, 0.717) is 17.1 Å².